The van der Waals surface area contributed by atoms with E-state index in [1.807, 2.05) is 0 Å². The van der Waals surface area contributed by atoms with Crippen LogP contribution in [0, 0.1) is 0 Å². The molecule has 2 N–H and O–H groups in total. The fourth-order valence-corrected chi connectivity index (χ4v) is 0.663. The molecule has 0 aliphatic heterocycles. The summed E-state index contributed by atoms with van der Waals surface area (Å²) in [6.07, 6.45) is -1.17. The molecular formula is C8H10O2. The minimum Gasteiger partial charge on any atom is -0.368 e. The van der Waals surface area contributed by atoms with E-state index in [0.29, 0.717) is 0 Å². The molecule has 0 aromatic rings. The summed E-state index contributed by atoms with van der Waals surface area (Å²) in [5.41, 5.74) is 2.85. The lowest BCUT2D eigenvalue weighted by Gasteiger charge is -2.10. The lowest BCUT2D eigenvalue weighted by Crippen LogP contribution is -1.92. The molecule has 0 saturated carbocycles. The van der Waals surface area contributed by atoms with E-state index in [0.717, 1.165) is 0 Å². The highest BCUT2D eigenvalue weighted by Crippen LogP contribution is 2.29. The van der Waals surface area contributed by atoms with Crippen molar-refractivity contribution in [3.8, 4) is 11.1 Å². The molecule has 2 rings (SSSR count). The predicted octanol–water partition coefficient (Wildman–Crippen LogP) is 0.984. The molecule has 0 atom stereocenters. The maximum absolute atomic E-state index is 7.61. The summed E-state index contributed by atoms with van der Waals surface area (Å²) in [6.45, 7) is 1.28. The Balaban J connectivity index is 0.000000112. The number of aliphatic hydroxyl groups is 2. The fourth-order valence-electron chi connectivity index (χ4n) is 0.663. The molecular weight excluding hydrogens is 128 g/mol. The molecule has 0 spiro atoms. The van der Waals surface area contributed by atoms with Crippen molar-refractivity contribution < 1.29 is 10.2 Å². The van der Waals surface area contributed by atoms with Gasteiger partial charge in [-0.1, -0.05) is 24.3 Å². The van der Waals surface area contributed by atoms with Gasteiger partial charge >= 0.3 is 0 Å². The standard InChI is InChI=1S/C6H4.C2H6O2/c1-2-6-4-3-5(1)6;1-2(3)4/h1-4H;2-4H,1H3. The molecule has 2 nitrogen and oxygen atoms in total. The van der Waals surface area contributed by atoms with E-state index < -0.39 is 6.29 Å². The van der Waals surface area contributed by atoms with Gasteiger partial charge in [0.25, 0.3) is 0 Å². The first-order valence-electron chi connectivity index (χ1n) is 3.17. The molecule has 2 aliphatic carbocycles. The molecule has 10 heavy (non-hydrogen) atoms. The minimum atomic E-state index is -1.17. The number of fused-ring (bicyclic) bond motifs is 1. The summed E-state index contributed by atoms with van der Waals surface area (Å²) in [6, 6.07) is 8.48. The van der Waals surface area contributed by atoms with Crippen LogP contribution in [0.1, 0.15) is 6.92 Å². The third-order valence-corrected chi connectivity index (χ3v) is 1.22. The highest BCUT2D eigenvalue weighted by Gasteiger charge is 2.03. The van der Waals surface area contributed by atoms with Crippen LogP contribution < -0.4 is 0 Å². The third-order valence-electron chi connectivity index (χ3n) is 1.22. The normalized spacial score (nSPS) is 10.4. The Bertz CT molecular complexity index is 177. The van der Waals surface area contributed by atoms with E-state index >= 15 is 0 Å². The summed E-state index contributed by atoms with van der Waals surface area (Å²) in [5.74, 6) is 0. The van der Waals surface area contributed by atoms with Crippen molar-refractivity contribution >= 4 is 0 Å². The number of aliphatic hydroxyl groups excluding tert-OH is 1. The van der Waals surface area contributed by atoms with Crippen LogP contribution in [-0.4, -0.2) is 16.5 Å². The van der Waals surface area contributed by atoms with E-state index in [1.165, 1.54) is 18.1 Å². The number of benzene rings is 1. The quantitative estimate of drug-likeness (QED) is 0.533. The van der Waals surface area contributed by atoms with E-state index in [2.05, 4.69) is 24.3 Å². The predicted molar refractivity (Wildman–Crippen MR) is 39.3 cm³/mol. The van der Waals surface area contributed by atoms with E-state index in [9.17, 15) is 0 Å². The van der Waals surface area contributed by atoms with Crippen molar-refractivity contribution in [2.75, 3.05) is 0 Å². The van der Waals surface area contributed by atoms with Gasteiger partial charge in [0.1, 0.15) is 6.29 Å². The minimum absolute atomic E-state index is 1.17. The smallest absolute Gasteiger partial charge is 0.148 e. The summed E-state index contributed by atoms with van der Waals surface area (Å²) < 4.78 is 0. The molecule has 0 radical (unpaired) electrons. The summed E-state index contributed by atoms with van der Waals surface area (Å²) in [4.78, 5) is 0. The highest BCUT2D eigenvalue weighted by molar-refractivity contribution is 5.75. The molecule has 0 saturated heterocycles. The molecule has 2 heteroatoms. The van der Waals surface area contributed by atoms with Crippen LogP contribution in [-0.2, 0) is 0 Å². The average Bonchev–Trinajstić information content (AvgIpc) is 1.77. The van der Waals surface area contributed by atoms with Crippen LogP contribution in [0.5, 0.6) is 0 Å². The molecule has 2 aliphatic rings. The van der Waals surface area contributed by atoms with Gasteiger partial charge in [-0.2, -0.15) is 0 Å². The van der Waals surface area contributed by atoms with Crippen LogP contribution in [0.4, 0.5) is 0 Å². The second kappa shape index (κ2) is 2.82. The Morgan fingerprint density at radius 1 is 1.00 bits per heavy atom. The molecule has 0 unspecified atom stereocenters. The third kappa shape index (κ3) is 1.56. The van der Waals surface area contributed by atoms with Gasteiger partial charge in [0.05, 0.1) is 0 Å². The zero-order valence-electron chi connectivity index (χ0n) is 5.78. The van der Waals surface area contributed by atoms with Crippen molar-refractivity contribution in [1.82, 2.24) is 0 Å². The summed E-state index contributed by atoms with van der Waals surface area (Å²) >= 11 is 0. The largest absolute Gasteiger partial charge is 0.368 e. The number of hydrogen-bond acceptors (Lipinski definition) is 2. The van der Waals surface area contributed by atoms with Crippen molar-refractivity contribution in [1.29, 1.82) is 0 Å². The molecule has 0 bridgehead atoms. The van der Waals surface area contributed by atoms with Crippen molar-refractivity contribution in [3.05, 3.63) is 24.3 Å². The van der Waals surface area contributed by atoms with Gasteiger partial charge in [-0.15, -0.1) is 0 Å². The molecule has 0 aromatic carbocycles. The van der Waals surface area contributed by atoms with Crippen molar-refractivity contribution in [2.45, 2.75) is 13.2 Å². The maximum atomic E-state index is 7.61. The maximum Gasteiger partial charge on any atom is 0.148 e. The van der Waals surface area contributed by atoms with Crippen molar-refractivity contribution in [3.63, 3.8) is 0 Å². The van der Waals surface area contributed by atoms with Crippen LogP contribution in [0.3, 0.4) is 0 Å². The van der Waals surface area contributed by atoms with E-state index in [-0.39, 0.29) is 0 Å². The molecule has 0 fully saturated rings. The van der Waals surface area contributed by atoms with Gasteiger partial charge in [-0.05, 0) is 18.1 Å². The summed E-state index contributed by atoms with van der Waals surface area (Å²) in [7, 11) is 0. The number of hydrogen-bond donors (Lipinski definition) is 2. The van der Waals surface area contributed by atoms with Gasteiger partial charge in [-0.25, -0.2) is 0 Å². The summed E-state index contributed by atoms with van der Waals surface area (Å²) in [5, 5.41) is 15.2. The highest BCUT2D eigenvalue weighted by atomic mass is 16.5. The fraction of sp³-hybridized carbons (Fsp3) is 0.250. The van der Waals surface area contributed by atoms with Gasteiger partial charge in [0.15, 0.2) is 0 Å². The topological polar surface area (TPSA) is 40.5 Å². The van der Waals surface area contributed by atoms with Crippen molar-refractivity contribution in [2.24, 2.45) is 0 Å². The van der Waals surface area contributed by atoms with Gasteiger partial charge in [0, 0.05) is 0 Å². The van der Waals surface area contributed by atoms with E-state index in [1.54, 1.807) is 0 Å². The first-order chi connectivity index (χ1) is 4.70. The zero-order valence-corrected chi connectivity index (χ0v) is 5.78. The Morgan fingerprint density at radius 3 is 1.20 bits per heavy atom. The van der Waals surface area contributed by atoms with Gasteiger partial charge in [0.2, 0.25) is 0 Å². The van der Waals surface area contributed by atoms with Gasteiger partial charge in [-0.3, -0.25) is 0 Å². The zero-order chi connectivity index (χ0) is 7.56. The molecule has 0 heterocycles. The van der Waals surface area contributed by atoms with Crippen LogP contribution >= 0.6 is 0 Å². The Kier molecular flexibility index (Phi) is 2.04. The Labute approximate surface area is 59.7 Å². The second-order valence-electron chi connectivity index (χ2n) is 2.21. The second-order valence-corrected chi connectivity index (χ2v) is 2.21. The Morgan fingerprint density at radius 2 is 1.20 bits per heavy atom. The molecule has 54 valence electrons. The first kappa shape index (κ1) is 7.25. The lowest BCUT2D eigenvalue weighted by atomic mass is 9.95. The number of rotatable bonds is 0. The first-order valence-corrected chi connectivity index (χ1v) is 3.17. The lowest BCUT2D eigenvalue weighted by molar-refractivity contribution is -0.0228. The average molecular weight is 138 g/mol. The SMILES string of the molecule is CC(O)O.c1cc2ccc1-2. The monoisotopic (exact) mass is 138 g/mol. The molecule has 0 amide bonds. The van der Waals surface area contributed by atoms with Crippen LogP contribution in [0.15, 0.2) is 24.3 Å². The Hall–Kier alpha value is -0.860. The van der Waals surface area contributed by atoms with Crippen LogP contribution in [0.2, 0.25) is 0 Å². The van der Waals surface area contributed by atoms with Crippen LogP contribution in [0.25, 0.3) is 11.1 Å². The van der Waals surface area contributed by atoms with Gasteiger partial charge < -0.3 is 10.2 Å². The van der Waals surface area contributed by atoms with E-state index in [4.69, 9.17) is 10.2 Å². The molecule has 0 aromatic heterocycles.